The van der Waals surface area contributed by atoms with Crippen molar-refractivity contribution in [2.75, 3.05) is 0 Å². The van der Waals surface area contributed by atoms with Gasteiger partial charge in [-0.15, -0.1) is 5.10 Å². The molecule has 0 bridgehead atoms. The van der Waals surface area contributed by atoms with E-state index in [0.29, 0.717) is 0 Å². The first-order valence-corrected chi connectivity index (χ1v) is 3.46. The van der Waals surface area contributed by atoms with E-state index in [1.807, 2.05) is 30.3 Å². The molecule has 4 nitrogen and oxygen atoms in total. The van der Waals surface area contributed by atoms with Crippen LogP contribution >= 0.6 is 0 Å². The second-order valence-corrected chi connectivity index (χ2v) is 2.18. The monoisotopic (exact) mass is 162 g/mol. The number of guanidine groups is 1. The third kappa shape index (κ3) is 2.83. The van der Waals surface area contributed by atoms with E-state index in [4.69, 9.17) is 11.5 Å². The van der Waals surface area contributed by atoms with Crippen molar-refractivity contribution in [3.05, 3.63) is 35.9 Å². The van der Waals surface area contributed by atoms with Gasteiger partial charge in [0.2, 0.25) is 5.96 Å². The molecule has 1 aromatic carbocycles. The van der Waals surface area contributed by atoms with Crippen LogP contribution in [0.4, 0.5) is 0 Å². The quantitative estimate of drug-likeness (QED) is 0.372. The summed E-state index contributed by atoms with van der Waals surface area (Å²) in [6, 6.07) is 9.57. The van der Waals surface area contributed by atoms with E-state index in [9.17, 15) is 0 Å². The second-order valence-electron chi connectivity index (χ2n) is 2.18. The number of benzene rings is 1. The summed E-state index contributed by atoms with van der Waals surface area (Å²) in [6.45, 7) is 0. The third-order valence-corrected chi connectivity index (χ3v) is 1.18. The van der Waals surface area contributed by atoms with Gasteiger partial charge < -0.3 is 11.5 Å². The molecule has 0 aromatic heterocycles. The number of nitrogens with two attached hydrogens (primary N) is 2. The molecule has 0 unspecified atom stereocenters. The van der Waals surface area contributed by atoms with Crippen LogP contribution in [0.2, 0.25) is 0 Å². The van der Waals surface area contributed by atoms with Gasteiger partial charge in [-0.3, -0.25) is 0 Å². The summed E-state index contributed by atoms with van der Waals surface area (Å²) in [6.07, 6.45) is 1.58. The predicted molar refractivity (Wildman–Crippen MR) is 49.8 cm³/mol. The summed E-state index contributed by atoms with van der Waals surface area (Å²) < 4.78 is 0. The fourth-order valence-electron chi connectivity index (χ4n) is 0.701. The van der Waals surface area contributed by atoms with E-state index in [2.05, 4.69) is 10.2 Å². The minimum absolute atomic E-state index is 0.0396. The van der Waals surface area contributed by atoms with Crippen LogP contribution in [0.1, 0.15) is 5.56 Å². The molecule has 12 heavy (non-hydrogen) atoms. The summed E-state index contributed by atoms with van der Waals surface area (Å²) in [7, 11) is 0. The number of hydrogen-bond donors (Lipinski definition) is 2. The van der Waals surface area contributed by atoms with Crippen LogP contribution < -0.4 is 11.5 Å². The highest BCUT2D eigenvalue weighted by molar-refractivity contribution is 5.81. The summed E-state index contributed by atoms with van der Waals surface area (Å²) in [4.78, 5) is 0. The molecule has 0 aliphatic carbocycles. The van der Waals surface area contributed by atoms with Gasteiger partial charge in [0.1, 0.15) is 0 Å². The Balaban J connectivity index is 2.64. The standard InChI is InChI=1S/C8H10N4/c9-8(10)12-11-6-7-4-2-1-3-5-7/h1-6H,(H4,9,10,12)/b11-6-. The Kier molecular flexibility index (Phi) is 2.84. The Bertz CT molecular complexity index is 285. The molecule has 0 radical (unpaired) electrons. The Morgan fingerprint density at radius 1 is 1.17 bits per heavy atom. The molecular formula is C8H10N4. The molecule has 1 aromatic rings. The van der Waals surface area contributed by atoms with Gasteiger partial charge in [0.05, 0.1) is 6.21 Å². The molecule has 0 fully saturated rings. The Morgan fingerprint density at radius 3 is 2.42 bits per heavy atom. The van der Waals surface area contributed by atoms with Crippen LogP contribution in [-0.2, 0) is 0 Å². The third-order valence-electron chi connectivity index (χ3n) is 1.18. The highest BCUT2D eigenvalue weighted by Gasteiger charge is 1.81. The first-order chi connectivity index (χ1) is 5.79. The van der Waals surface area contributed by atoms with Gasteiger partial charge in [-0.1, -0.05) is 30.3 Å². The maximum atomic E-state index is 5.07. The number of hydrogen-bond acceptors (Lipinski definition) is 2. The van der Waals surface area contributed by atoms with Crippen molar-refractivity contribution in [3.8, 4) is 0 Å². The molecule has 0 spiro atoms. The largest absolute Gasteiger partial charge is 0.369 e. The van der Waals surface area contributed by atoms with Crippen molar-refractivity contribution in [2.45, 2.75) is 0 Å². The van der Waals surface area contributed by atoms with Crippen molar-refractivity contribution >= 4 is 12.2 Å². The van der Waals surface area contributed by atoms with Gasteiger partial charge in [-0.2, -0.15) is 5.10 Å². The van der Waals surface area contributed by atoms with Crippen LogP contribution in [0.3, 0.4) is 0 Å². The highest BCUT2D eigenvalue weighted by atomic mass is 15.3. The molecule has 0 saturated carbocycles. The maximum Gasteiger partial charge on any atom is 0.211 e. The molecule has 62 valence electrons. The lowest BCUT2D eigenvalue weighted by molar-refractivity contribution is 1.21. The minimum atomic E-state index is -0.0396. The minimum Gasteiger partial charge on any atom is -0.369 e. The SMILES string of the molecule is NC(N)=N/N=C\c1ccccc1. The van der Waals surface area contributed by atoms with Gasteiger partial charge in [-0.25, -0.2) is 0 Å². The Labute approximate surface area is 70.6 Å². The zero-order valence-corrected chi connectivity index (χ0v) is 6.51. The molecule has 1 rings (SSSR count). The van der Waals surface area contributed by atoms with Gasteiger partial charge in [0, 0.05) is 0 Å². The number of nitrogens with zero attached hydrogens (tertiary/aromatic N) is 2. The average molecular weight is 162 g/mol. The molecular weight excluding hydrogens is 152 g/mol. The summed E-state index contributed by atoms with van der Waals surface area (Å²) >= 11 is 0. The zero-order chi connectivity index (χ0) is 8.81. The van der Waals surface area contributed by atoms with E-state index < -0.39 is 0 Å². The highest BCUT2D eigenvalue weighted by Crippen LogP contribution is 1.93. The van der Waals surface area contributed by atoms with Crippen molar-refractivity contribution in [1.29, 1.82) is 0 Å². The van der Waals surface area contributed by atoms with E-state index in [1.165, 1.54) is 0 Å². The Morgan fingerprint density at radius 2 is 1.83 bits per heavy atom. The maximum absolute atomic E-state index is 5.07. The lowest BCUT2D eigenvalue weighted by Crippen LogP contribution is -2.21. The van der Waals surface area contributed by atoms with Crippen LogP contribution in [0, 0.1) is 0 Å². The summed E-state index contributed by atoms with van der Waals surface area (Å²) in [5.74, 6) is -0.0396. The van der Waals surface area contributed by atoms with Crippen molar-refractivity contribution in [3.63, 3.8) is 0 Å². The molecule has 0 amide bonds. The summed E-state index contributed by atoms with van der Waals surface area (Å²) in [5, 5.41) is 7.12. The lowest BCUT2D eigenvalue weighted by Gasteiger charge is -1.87. The summed E-state index contributed by atoms with van der Waals surface area (Å²) in [5.41, 5.74) is 11.1. The normalized spacial score (nSPS) is 10.0. The predicted octanol–water partition coefficient (Wildman–Crippen LogP) is 0.294. The van der Waals surface area contributed by atoms with Crippen molar-refractivity contribution in [2.24, 2.45) is 21.7 Å². The van der Waals surface area contributed by atoms with Crippen molar-refractivity contribution in [1.82, 2.24) is 0 Å². The Hall–Kier alpha value is -1.84. The van der Waals surface area contributed by atoms with E-state index in [1.54, 1.807) is 6.21 Å². The first-order valence-electron chi connectivity index (χ1n) is 3.46. The van der Waals surface area contributed by atoms with E-state index >= 15 is 0 Å². The lowest BCUT2D eigenvalue weighted by atomic mass is 10.2. The van der Waals surface area contributed by atoms with E-state index in [0.717, 1.165) is 5.56 Å². The van der Waals surface area contributed by atoms with Gasteiger partial charge in [-0.05, 0) is 5.56 Å². The van der Waals surface area contributed by atoms with Gasteiger partial charge in [0.15, 0.2) is 0 Å². The van der Waals surface area contributed by atoms with Crippen LogP contribution in [0.25, 0.3) is 0 Å². The topological polar surface area (TPSA) is 76.8 Å². The first kappa shape index (κ1) is 8.26. The van der Waals surface area contributed by atoms with Gasteiger partial charge >= 0.3 is 0 Å². The molecule has 4 heteroatoms. The molecule has 4 N–H and O–H groups in total. The molecule has 0 heterocycles. The fourth-order valence-corrected chi connectivity index (χ4v) is 0.701. The van der Waals surface area contributed by atoms with Crippen molar-refractivity contribution < 1.29 is 0 Å². The number of rotatable bonds is 2. The molecule has 0 aliphatic heterocycles. The molecule has 0 aliphatic rings. The van der Waals surface area contributed by atoms with Gasteiger partial charge in [0.25, 0.3) is 0 Å². The van der Waals surface area contributed by atoms with Crippen LogP contribution in [0.5, 0.6) is 0 Å². The fraction of sp³-hybridized carbons (Fsp3) is 0. The molecule has 0 atom stereocenters. The average Bonchev–Trinajstić information content (AvgIpc) is 2.05. The van der Waals surface area contributed by atoms with Crippen LogP contribution in [-0.4, -0.2) is 12.2 Å². The zero-order valence-electron chi connectivity index (χ0n) is 6.51. The van der Waals surface area contributed by atoms with Crippen LogP contribution in [0.15, 0.2) is 40.5 Å². The van der Waals surface area contributed by atoms with E-state index in [-0.39, 0.29) is 5.96 Å². The molecule has 0 saturated heterocycles. The second kappa shape index (κ2) is 4.12. The smallest absolute Gasteiger partial charge is 0.211 e.